The Kier molecular flexibility index (Phi) is 8.46. The number of benzene rings is 9. The van der Waals surface area contributed by atoms with Gasteiger partial charge in [-0.3, -0.25) is 0 Å². The van der Waals surface area contributed by atoms with Gasteiger partial charge in [0.1, 0.15) is 0 Å². The molecule has 0 N–H and O–H groups in total. The highest BCUT2D eigenvalue weighted by atomic mass is 15.2. The lowest BCUT2D eigenvalue weighted by Gasteiger charge is -2.43. The van der Waals surface area contributed by atoms with Crippen LogP contribution in [0.2, 0.25) is 0 Å². The third-order valence-corrected chi connectivity index (χ3v) is 13.5. The van der Waals surface area contributed by atoms with Gasteiger partial charge in [0.05, 0.1) is 50.5 Å². The molecule has 13 rings (SSSR count). The summed E-state index contributed by atoms with van der Waals surface area (Å²) < 4.78 is 4.92. The first-order valence-electron chi connectivity index (χ1n) is 22.5. The average Bonchev–Trinajstić information content (AvgIpc) is 3.90. The van der Waals surface area contributed by atoms with Crippen LogP contribution in [0, 0.1) is 0 Å². The van der Waals surface area contributed by atoms with Crippen molar-refractivity contribution in [2.24, 2.45) is 0 Å². The van der Waals surface area contributed by atoms with Gasteiger partial charge in [0.25, 0.3) is 0 Å². The number of anilines is 3. The molecule has 0 bridgehead atoms. The van der Waals surface area contributed by atoms with E-state index in [1.165, 1.54) is 32.7 Å². The molecule has 6 heteroatoms. The van der Waals surface area contributed by atoms with Crippen molar-refractivity contribution in [3.8, 4) is 45.5 Å². The van der Waals surface area contributed by atoms with Gasteiger partial charge >= 0.3 is 0 Å². The van der Waals surface area contributed by atoms with E-state index < -0.39 is 0 Å². The van der Waals surface area contributed by atoms with Gasteiger partial charge in [0, 0.05) is 43.7 Å². The van der Waals surface area contributed by atoms with Gasteiger partial charge in [-0.2, -0.15) is 0 Å². The van der Waals surface area contributed by atoms with Crippen molar-refractivity contribution >= 4 is 60.7 Å². The van der Waals surface area contributed by atoms with Crippen molar-refractivity contribution in [2.45, 2.75) is 19.3 Å². The summed E-state index contributed by atoms with van der Waals surface area (Å²) in [4.78, 5) is 18.4. The van der Waals surface area contributed by atoms with E-state index in [0.717, 1.165) is 67.2 Å². The van der Waals surface area contributed by atoms with Crippen molar-refractivity contribution in [2.75, 3.05) is 4.90 Å². The van der Waals surface area contributed by atoms with Crippen LogP contribution in [0.5, 0.6) is 0 Å². The van der Waals surface area contributed by atoms with Gasteiger partial charge in [0.15, 0.2) is 17.5 Å². The summed E-state index contributed by atoms with van der Waals surface area (Å²) in [5.74, 6) is 1.81. The molecule has 12 aromatic rings. The second kappa shape index (κ2) is 14.7. The van der Waals surface area contributed by atoms with E-state index in [4.69, 9.17) is 15.0 Å². The maximum Gasteiger partial charge on any atom is 0.164 e. The smallest absolute Gasteiger partial charge is 0.164 e. The monoisotopic (exact) mass is 846 g/mol. The zero-order chi connectivity index (χ0) is 43.9. The molecule has 1 aliphatic heterocycles. The van der Waals surface area contributed by atoms with Gasteiger partial charge in [-0.1, -0.05) is 184 Å². The first kappa shape index (κ1) is 37.9. The molecule has 4 heterocycles. The number of rotatable bonds is 6. The largest absolute Gasteiger partial charge is 0.307 e. The standard InChI is InChI=1S/C60H42N6/c1-60(2)46-29-13-19-35-52(46)66(53-36-20-14-30-47(53)60)56-54(64-48-31-15-9-25-42(48)43-26-10-16-32-49(43)64)37-41(38-55(56)65-50-33-17-11-27-44(50)45-28-12-18-34-51(45)65)59-62-57(39-21-5-3-6-22-39)61-58(63-59)40-23-7-4-8-24-40/h3-38H,1-2H3. The molecule has 0 radical (unpaired) electrons. The molecule has 9 aromatic carbocycles. The van der Waals surface area contributed by atoms with Crippen LogP contribution >= 0.6 is 0 Å². The average molecular weight is 847 g/mol. The lowest BCUT2D eigenvalue weighted by molar-refractivity contribution is 0.632. The molecular formula is C60H42N6. The summed E-state index contributed by atoms with van der Waals surface area (Å²) in [6, 6.07) is 78.0. The Balaban J connectivity index is 1.25. The van der Waals surface area contributed by atoms with Crippen LogP contribution < -0.4 is 4.90 Å². The minimum atomic E-state index is -0.268. The molecule has 0 atom stereocenters. The maximum absolute atomic E-state index is 5.37. The summed E-state index contributed by atoms with van der Waals surface area (Å²) in [7, 11) is 0. The predicted octanol–water partition coefficient (Wildman–Crippen LogP) is 15.2. The Bertz CT molecular complexity index is 3510. The summed E-state index contributed by atoms with van der Waals surface area (Å²) in [5, 5.41) is 4.73. The van der Waals surface area contributed by atoms with Crippen LogP contribution in [0.3, 0.4) is 0 Å². The van der Waals surface area contributed by atoms with E-state index in [9.17, 15) is 0 Å². The van der Waals surface area contributed by atoms with Crippen LogP contribution in [0.25, 0.3) is 89.2 Å². The molecule has 0 amide bonds. The molecule has 0 saturated heterocycles. The number of hydrogen-bond donors (Lipinski definition) is 0. The van der Waals surface area contributed by atoms with Gasteiger partial charge in [-0.15, -0.1) is 0 Å². The Hall–Kier alpha value is -8.61. The van der Waals surface area contributed by atoms with Crippen molar-refractivity contribution < 1.29 is 0 Å². The summed E-state index contributed by atoms with van der Waals surface area (Å²) in [5.41, 5.74) is 14.7. The van der Waals surface area contributed by atoms with E-state index in [1.807, 2.05) is 36.4 Å². The molecule has 0 fully saturated rings. The molecule has 312 valence electrons. The van der Waals surface area contributed by atoms with E-state index in [1.54, 1.807) is 0 Å². The minimum Gasteiger partial charge on any atom is -0.307 e. The van der Waals surface area contributed by atoms with Crippen LogP contribution in [0.15, 0.2) is 218 Å². The summed E-state index contributed by atoms with van der Waals surface area (Å²) in [6.07, 6.45) is 0. The zero-order valence-corrected chi connectivity index (χ0v) is 36.5. The second-order valence-corrected chi connectivity index (χ2v) is 17.6. The van der Waals surface area contributed by atoms with E-state index >= 15 is 0 Å². The van der Waals surface area contributed by atoms with E-state index in [-0.39, 0.29) is 5.41 Å². The molecule has 0 spiro atoms. The van der Waals surface area contributed by atoms with E-state index in [0.29, 0.717) is 17.5 Å². The third-order valence-electron chi connectivity index (χ3n) is 13.5. The van der Waals surface area contributed by atoms with Crippen molar-refractivity contribution in [1.29, 1.82) is 0 Å². The summed E-state index contributed by atoms with van der Waals surface area (Å²) >= 11 is 0. The molecule has 0 unspecified atom stereocenters. The molecule has 0 saturated carbocycles. The van der Waals surface area contributed by atoms with Gasteiger partial charge in [-0.05, 0) is 59.7 Å². The molecule has 66 heavy (non-hydrogen) atoms. The summed E-state index contributed by atoms with van der Waals surface area (Å²) in [6.45, 7) is 4.70. The van der Waals surface area contributed by atoms with Crippen LogP contribution in [-0.4, -0.2) is 24.1 Å². The topological polar surface area (TPSA) is 51.8 Å². The maximum atomic E-state index is 5.37. The number of para-hydroxylation sites is 6. The van der Waals surface area contributed by atoms with Crippen LogP contribution in [-0.2, 0) is 5.41 Å². The number of nitrogens with zero attached hydrogens (tertiary/aromatic N) is 6. The first-order chi connectivity index (χ1) is 32.5. The number of hydrogen-bond acceptors (Lipinski definition) is 4. The lowest BCUT2D eigenvalue weighted by Crippen LogP contribution is -2.31. The van der Waals surface area contributed by atoms with Gasteiger partial charge in [-0.25, -0.2) is 15.0 Å². The van der Waals surface area contributed by atoms with Crippen molar-refractivity contribution in [1.82, 2.24) is 24.1 Å². The predicted molar refractivity (Wildman–Crippen MR) is 272 cm³/mol. The van der Waals surface area contributed by atoms with Crippen LogP contribution in [0.1, 0.15) is 25.0 Å². The number of aromatic nitrogens is 5. The molecule has 0 aliphatic carbocycles. The van der Waals surface area contributed by atoms with Crippen LogP contribution in [0.4, 0.5) is 17.1 Å². The van der Waals surface area contributed by atoms with E-state index in [2.05, 4.69) is 210 Å². The zero-order valence-electron chi connectivity index (χ0n) is 36.5. The lowest BCUT2D eigenvalue weighted by atomic mass is 9.73. The normalized spacial score (nSPS) is 13.1. The highest BCUT2D eigenvalue weighted by Crippen LogP contribution is 2.55. The van der Waals surface area contributed by atoms with Gasteiger partial charge < -0.3 is 14.0 Å². The fourth-order valence-corrected chi connectivity index (χ4v) is 10.5. The molecule has 3 aromatic heterocycles. The quantitative estimate of drug-likeness (QED) is 0.167. The van der Waals surface area contributed by atoms with Gasteiger partial charge in [0.2, 0.25) is 0 Å². The fraction of sp³-hybridized carbons (Fsp3) is 0.0500. The molecule has 1 aliphatic rings. The highest BCUT2D eigenvalue weighted by molar-refractivity contribution is 6.12. The highest BCUT2D eigenvalue weighted by Gasteiger charge is 2.39. The Morgan fingerprint density at radius 1 is 0.318 bits per heavy atom. The third kappa shape index (κ3) is 5.71. The Morgan fingerprint density at radius 2 is 0.636 bits per heavy atom. The fourth-order valence-electron chi connectivity index (χ4n) is 10.5. The first-order valence-corrected chi connectivity index (χ1v) is 22.5. The SMILES string of the molecule is CC1(C)c2ccccc2N(c2c(-n3c4ccccc4c4ccccc43)cc(-c3nc(-c4ccccc4)nc(-c4ccccc4)n3)cc2-n2c3ccccc3c3ccccc32)c2ccccc21. The van der Waals surface area contributed by atoms with Crippen molar-refractivity contribution in [3.05, 3.63) is 230 Å². The molecule has 6 nitrogen and oxygen atoms in total. The second-order valence-electron chi connectivity index (χ2n) is 17.6. The Labute approximate surface area is 382 Å². The van der Waals surface area contributed by atoms with Crippen molar-refractivity contribution in [3.63, 3.8) is 0 Å². The minimum absolute atomic E-state index is 0.268. The Morgan fingerprint density at radius 3 is 1.03 bits per heavy atom. The number of fused-ring (bicyclic) bond motifs is 8. The molecular weight excluding hydrogens is 805 g/mol.